The number of anilines is 1. The van der Waals surface area contributed by atoms with Gasteiger partial charge in [-0.3, -0.25) is 4.79 Å². The summed E-state index contributed by atoms with van der Waals surface area (Å²) < 4.78 is 2.08. The molecule has 1 amide bonds. The number of carbonyl (C=O) groups is 1. The van der Waals surface area contributed by atoms with E-state index in [0.717, 1.165) is 14.6 Å². The molecule has 0 radical (unpaired) electrons. The highest BCUT2D eigenvalue weighted by molar-refractivity contribution is 14.1. The Hall–Kier alpha value is -1.60. The molecule has 3 rings (SSSR count). The number of phenolic OH excluding ortho intramolecular Hbond substituents is 1. The van der Waals surface area contributed by atoms with Crippen LogP contribution in [0, 0.1) is 3.57 Å². The normalized spacial score (nSPS) is 10.7. The van der Waals surface area contributed by atoms with Crippen molar-refractivity contribution in [2.24, 2.45) is 0 Å². The van der Waals surface area contributed by atoms with Gasteiger partial charge < -0.3 is 10.4 Å². The summed E-state index contributed by atoms with van der Waals surface area (Å²) in [4.78, 5) is 12.2. The van der Waals surface area contributed by atoms with Gasteiger partial charge in [0.2, 0.25) is 0 Å². The number of fused-ring (bicyclic) bond motifs is 1. The van der Waals surface area contributed by atoms with Gasteiger partial charge in [0.15, 0.2) is 0 Å². The Morgan fingerprint density at radius 1 is 1.15 bits per heavy atom. The topological polar surface area (TPSA) is 49.3 Å². The minimum Gasteiger partial charge on any atom is -0.507 e. The monoisotopic (exact) mass is 395 g/mol. The molecule has 2 aromatic carbocycles. The molecular formula is C15H10INO2S. The molecule has 20 heavy (non-hydrogen) atoms. The second-order valence-electron chi connectivity index (χ2n) is 4.29. The van der Waals surface area contributed by atoms with Crippen LogP contribution in [0.15, 0.2) is 47.8 Å². The number of amides is 1. The number of nitrogens with one attached hydrogen (secondary N) is 1. The van der Waals surface area contributed by atoms with Gasteiger partial charge in [-0.15, -0.1) is 11.3 Å². The zero-order chi connectivity index (χ0) is 14.1. The van der Waals surface area contributed by atoms with E-state index in [4.69, 9.17) is 0 Å². The fourth-order valence-corrected chi connectivity index (χ4v) is 3.20. The van der Waals surface area contributed by atoms with E-state index < -0.39 is 0 Å². The molecule has 0 unspecified atom stereocenters. The van der Waals surface area contributed by atoms with Crippen molar-refractivity contribution in [1.29, 1.82) is 0 Å². The van der Waals surface area contributed by atoms with E-state index in [1.165, 1.54) is 10.8 Å². The molecule has 0 fully saturated rings. The van der Waals surface area contributed by atoms with Crippen LogP contribution in [0.25, 0.3) is 10.1 Å². The lowest BCUT2D eigenvalue weighted by molar-refractivity contribution is 0.102. The van der Waals surface area contributed by atoms with Crippen LogP contribution in [-0.2, 0) is 0 Å². The Bertz CT molecular complexity index is 797. The number of benzene rings is 2. The third-order valence-corrected chi connectivity index (χ3v) is 4.48. The molecule has 5 heteroatoms. The van der Waals surface area contributed by atoms with Gasteiger partial charge in [-0.05, 0) is 75.8 Å². The standard InChI is InChI=1S/C15H10INO2S/c16-10-1-3-13(18)12(8-10)15(19)17-11-2-4-14-9(7-11)5-6-20-14/h1-8,18H,(H,17,19). The molecular weight excluding hydrogens is 385 g/mol. The lowest BCUT2D eigenvalue weighted by atomic mass is 10.1. The quantitative estimate of drug-likeness (QED) is 0.630. The Morgan fingerprint density at radius 2 is 2.00 bits per heavy atom. The highest BCUT2D eigenvalue weighted by Gasteiger charge is 2.12. The van der Waals surface area contributed by atoms with Crippen LogP contribution in [0.2, 0.25) is 0 Å². The maximum atomic E-state index is 12.2. The molecule has 0 saturated heterocycles. The number of thiophene rings is 1. The van der Waals surface area contributed by atoms with Crippen LogP contribution in [0.1, 0.15) is 10.4 Å². The number of hydrogen-bond acceptors (Lipinski definition) is 3. The van der Waals surface area contributed by atoms with Gasteiger partial charge in [-0.2, -0.15) is 0 Å². The molecule has 0 saturated carbocycles. The number of phenols is 1. The molecule has 3 aromatic rings. The van der Waals surface area contributed by atoms with Crippen LogP contribution in [0.3, 0.4) is 0 Å². The maximum Gasteiger partial charge on any atom is 0.259 e. The van der Waals surface area contributed by atoms with Gasteiger partial charge in [0, 0.05) is 14.0 Å². The van der Waals surface area contributed by atoms with E-state index in [-0.39, 0.29) is 17.2 Å². The van der Waals surface area contributed by atoms with Crippen LogP contribution >= 0.6 is 33.9 Å². The predicted octanol–water partition coefficient (Wildman–Crippen LogP) is 4.46. The molecule has 0 bridgehead atoms. The summed E-state index contributed by atoms with van der Waals surface area (Å²) in [5, 5.41) is 15.7. The van der Waals surface area contributed by atoms with E-state index >= 15 is 0 Å². The zero-order valence-corrected chi connectivity index (χ0v) is 13.2. The fraction of sp³-hybridized carbons (Fsp3) is 0. The summed E-state index contributed by atoms with van der Waals surface area (Å²) in [6, 6.07) is 12.7. The van der Waals surface area contributed by atoms with Crippen molar-refractivity contribution in [2.75, 3.05) is 5.32 Å². The lowest BCUT2D eigenvalue weighted by Gasteiger charge is -2.07. The molecule has 0 atom stereocenters. The third kappa shape index (κ3) is 2.64. The Balaban J connectivity index is 1.89. The van der Waals surface area contributed by atoms with Crippen molar-refractivity contribution < 1.29 is 9.90 Å². The van der Waals surface area contributed by atoms with Crippen LogP contribution < -0.4 is 5.32 Å². The van der Waals surface area contributed by atoms with Gasteiger partial charge in [0.25, 0.3) is 5.91 Å². The Labute approximate surface area is 133 Å². The number of aromatic hydroxyl groups is 1. The zero-order valence-electron chi connectivity index (χ0n) is 10.3. The molecule has 0 aliphatic carbocycles. The van der Waals surface area contributed by atoms with E-state index in [1.54, 1.807) is 23.5 Å². The summed E-state index contributed by atoms with van der Waals surface area (Å²) >= 11 is 3.77. The van der Waals surface area contributed by atoms with Gasteiger partial charge in [-0.25, -0.2) is 0 Å². The van der Waals surface area contributed by atoms with Crippen molar-refractivity contribution in [3.8, 4) is 5.75 Å². The molecule has 1 heterocycles. The Kier molecular flexibility index (Phi) is 3.62. The lowest BCUT2D eigenvalue weighted by Crippen LogP contribution is -2.12. The summed E-state index contributed by atoms with van der Waals surface area (Å²) in [5.74, 6) is -0.324. The third-order valence-electron chi connectivity index (χ3n) is 2.91. The van der Waals surface area contributed by atoms with Crippen molar-refractivity contribution in [3.05, 3.63) is 57.0 Å². The largest absolute Gasteiger partial charge is 0.507 e. The van der Waals surface area contributed by atoms with Crippen molar-refractivity contribution in [2.45, 2.75) is 0 Å². The molecule has 1 aromatic heterocycles. The number of rotatable bonds is 2. The van der Waals surface area contributed by atoms with Crippen molar-refractivity contribution in [1.82, 2.24) is 0 Å². The van der Waals surface area contributed by atoms with E-state index in [1.807, 2.05) is 29.6 Å². The predicted molar refractivity (Wildman–Crippen MR) is 90.6 cm³/mol. The highest BCUT2D eigenvalue weighted by atomic mass is 127. The van der Waals surface area contributed by atoms with E-state index in [9.17, 15) is 9.90 Å². The first-order chi connectivity index (χ1) is 9.63. The van der Waals surface area contributed by atoms with E-state index in [0.29, 0.717) is 0 Å². The summed E-state index contributed by atoms with van der Waals surface area (Å²) in [7, 11) is 0. The fourth-order valence-electron chi connectivity index (χ4n) is 1.93. The summed E-state index contributed by atoms with van der Waals surface area (Å²) in [6.07, 6.45) is 0. The van der Waals surface area contributed by atoms with E-state index in [2.05, 4.69) is 27.9 Å². The van der Waals surface area contributed by atoms with Gasteiger partial charge in [0.1, 0.15) is 5.75 Å². The smallest absolute Gasteiger partial charge is 0.259 e. The minimum atomic E-state index is -0.310. The molecule has 3 nitrogen and oxygen atoms in total. The van der Waals surface area contributed by atoms with Gasteiger partial charge in [-0.1, -0.05) is 0 Å². The first kappa shape index (κ1) is 13.4. The minimum absolute atomic E-state index is 0.0143. The average molecular weight is 395 g/mol. The second kappa shape index (κ2) is 5.41. The molecule has 0 aliphatic heterocycles. The first-order valence-electron chi connectivity index (χ1n) is 5.90. The summed E-state index contributed by atoms with van der Waals surface area (Å²) in [6.45, 7) is 0. The molecule has 100 valence electrons. The van der Waals surface area contributed by atoms with Gasteiger partial charge in [0.05, 0.1) is 5.56 Å². The van der Waals surface area contributed by atoms with Crippen LogP contribution in [0.5, 0.6) is 5.75 Å². The highest BCUT2D eigenvalue weighted by Crippen LogP contribution is 2.25. The average Bonchev–Trinajstić information content (AvgIpc) is 2.89. The molecule has 2 N–H and O–H groups in total. The number of halogens is 1. The molecule has 0 aliphatic rings. The van der Waals surface area contributed by atoms with Crippen molar-refractivity contribution >= 4 is 55.6 Å². The van der Waals surface area contributed by atoms with Crippen LogP contribution in [0.4, 0.5) is 5.69 Å². The SMILES string of the molecule is O=C(Nc1ccc2sccc2c1)c1cc(I)ccc1O. The Morgan fingerprint density at radius 3 is 2.85 bits per heavy atom. The van der Waals surface area contributed by atoms with Crippen LogP contribution in [-0.4, -0.2) is 11.0 Å². The second-order valence-corrected chi connectivity index (χ2v) is 6.48. The van der Waals surface area contributed by atoms with Gasteiger partial charge >= 0.3 is 0 Å². The van der Waals surface area contributed by atoms with Crippen molar-refractivity contribution in [3.63, 3.8) is 0 Å². The maximum absolute atomic E-state index is 12.2. The molecule has 0 spiro atoms. The number of carbonyl (C=O) groups excluding carboxylic acids is 1. The summed E-state index contributed by atoms with van der Waals surface area (Å²) in [5.41, 5.74) is 1.00. The first-order valence-corrected chi connectivity index (χ1v) is 7.86. The number of hydrogen-bond donors (Lipinski definition) is 2.